The summed E-state index contributed by atoms with van der Waals surface area (Å²) in [6.45, 7) is 3.77. The molecular formula is C29H32F3N5O6. The second kappa shape index (κ2) is 13.2. The Kier molecular flexibility index (Phi) is 9.59. The van der Waals surface area contributed by atoms with Crippen molar-refractivity contribution in [1.82, 2.24) is 20.0 Å². The van der Waals surface area contributed by atoms with Gasteiger partial charge in [-0.3, -0.25) is 14.5 Å². The number of carbonyl (C=O) groups excluding carboxylic acids is 4. The number of hydrogen-bond donors (Lipinski definition) is 2. The number of fused-ring (bicyclic) bond motifs is 1. The van der Waals surface area contributed by atoms with E-state index in [-0.39, 0.29) is 38.3 Å². The molecule has 4 amide bonds. The molecule has 0 bridgehead atoms. The summed E-state index contributed by atoms with van der Waals surface area (Å²) in [5, 5.41) is 2.40. The van der Waals surface area contributed by atoms with Gasteiger partial charge in [0.1, 0.15) is 31.5 Å². The number of nitrogens with one attached hydrogen (secondary N) is 1. The lowest BCUT2D eigenvalue weighted by Crippen LogP contribution is -2.76. The lowest BCUT2D eigenvalue weighted by atomic mass is 10.0. The minimum absolute atomic E-state index is 0.0959. The maximum absolute atomic E-state index is 13.6. The van der Waals surface area contributed by atoms with Crippen molar-refractivity contribution in [2.45, 2.75) is 44.5 Å². The summed E-state index contributed by atoms with van der Waals surface area (Å²) in [4.78, 5) is 56.6. The minimum atomic E-state index is -4.59. The van der Waals surface area contributed by atoms with Crippen LogP contribution in [0.25, 0.3) is 0 Å². The largest absolute Gasteiger partial charge is 0.445 e. The Balaban J connectivity index is 1.62. The number of rotatable bonds is 8. The van der Waals surface area contributed by atoms with Crippen molar-refractivity contribution in [3.05, 3.63) is 83.4 Å². The summed E-state index contributed by atoms with van der Waals surface area (Å²) in [6.07, 6.45) is -6.21. The molecule has 14 heteroatoms. The van der Waals surface area contributed by atoms with Crippen LogP contribution in [0.1, 0.15) is 22.3 Å². The smallest absolute Gasteiger partial charge is 0.416 e. The number of nitrogens with two attached hydrogens (primary N) is 1. The van der Waals surface area contributed by atoms with Crippen LogP contribution in [0.5, 0.6) is 0 Å². The Hall–Kier alpha value is -4.59. The first kappa shape index (κ1) is 31.3. The molecule has 0 spiro atoms. The number of hydrogen-bond acceptors (Lipinski definition) is 7. The number of benzene rings is 2. The number of halogens is 3. The first-order valence-corrected chi connectivity index (χ1v) is 13.4. The van der Waals surface area contributed by atoms with E-state index in [1.165, 1.54) is 24.0 Å². The van der Waals surface area contributed by atoms with Crippen LogP contribution in [0.4, 0.5) is 22.8 Å². The van der Waals surface area contributed by atoms with Crippen molar-refractivity contribution in [2.75, 3.05) is 26.2 Å². The summed E-state index contributed by atoms with van der Waals surface area (Å²) >= 11 is 0. The van der Waals surface area contributed by atoms with Crippen LogP contribution in [0, 0.1) is 6.92 Å². The van der Waals surface area contributed by atoms with Crippen LogP contribution in [0.2, 0.25) is 0 Å². The Bertz CT molecular complexity index is 1370. The number of carbonyl (C=O) groups is 4. The van der Waals surface area contributed by atoms with Crippen LogP contribution in [0.3, 0.4) is 0 Å². The first-order valence-electron chi connectivity index (χ1n) is 13.4. The highest BCUT2D eigenvalue weighted by molar-refractivity contribution is 5.94. The second-order valence-electron chi connectivity index (χ2n) is 10.2. The maximum atomic E-state index is 13.6. The van der Waals surface area contributed by atoms with E-state index in [2.05, 4.69) is 11.9 Å². The topological polar surface area (TPSA) is 135 Å². The van der Waals surface area contributed by atoms with Gasteiger partial charge < -0.3 is 30.3 Å². The summed E-state index contributed by atoms with van der Waals surface area (Å²) in [5.74, 6) is -1.10. The zero-order chi connectivity index (χ0) is 31.3. The lowest BCUT2D eigenvalue weighted by Gasteiger charge is -2.53. The summed E-state index contributed by atoms with van der Waals surface area (Å²) < 4.78 is 50.4. The minimum Gasteiger partial charge on any atom is -0.445 e. The SMILES string of the molecule is C=CCOC(=O)N[C@H]1CN(C(=O)OCc2cc(C)cc(C(F)(F)F)c2)[C@H]2CN(Cc3ccccc3)C(=O)[C@H](CN)N2C1=O. The molecule has 2 aliphatic heterocycles. The fourth-order valence-electron chi connectivity index (χ4n) is 5.16. The van der Waals surface area contributed by atoms with Crippen LogP contribution in [-0.4, -0.2) is 83.2 Å². The average Bonchev–Trinajstić information content (AvgIpc) is 2.96. The van der Waals surface area contributed by atoms with Gasteiger partial charge in [-0.05, 0) is 30.2 Å². The summed E-state index contributed by atoms with van der Waals surface area (Å²) in [5.41, 5.74) is 6.31. The van der Waals surface area contributed by atoms with Crippen molar-refractivity contribution in [2.24, 2.45) is 5.73 Å². The van der Waals surface area contributed by atoms with Gasteiger partial charge in [0.2, 0.25) is 11.8 Å². The molecular weight excluding hydrogens is 571 g/mol. The molecule has 2 aromatic rings. The van der Waals surface area contributed by atoms with Gasteiger partial charge in [0.25, 0.3) is 0 Å². The highest BCUT2D eigenvalue weighted by Crippen LogP contribution is 2.31. The molecule has 0 unspecified atom stereocenters. The number of nitrogens with zero attached hydrogens (tertiary/aromatic N) is 3. The van der Waals surface area contributed by atoms with Crippen LogP contribution in [0.15, 0.2) is 61.2 Å². The monoisotopic (exact) mass is 603 g/mol. The molecule has 0 aliphatic carbocycles. The molecule has 3 atom stereocenters. The molecule has 2 heterocycles. The average molecular weight is 604 g/mol. The van der Waals surface area contributed by atoms with E-state index in [1.54, 1.807) is 0 Å². The summed E-state index contributed by atoms with van der Waals surface area (Å²) in [7, 11) is 0. The molecule has 2 aliphatic rings. The standard InChI is InChI=1S/C29H32F3N5O6/c1-3-9-42-27(40)34-22-15-36(28(41)43-17-20-10-18(2)11-21(12-20)29(30,31)32)24-16-35(14-19-7-5-4-6-8-19)26(39)23(13-33)37(24)25(22)38/h3-8,10-12,22-24H,1,9,13-17,33H2,2H3,(H,34,40)/t22-,23-,24+/m0/s1. The molecule has 3 N–H and O–H groups in total. The number of aryl methyl sites for hydroxylation is 1. The van der Waals surface area contributed by atoms with Gasteiger partial charge in [-0.1, -0.05) is 54.6 Å². The number of alkyl halides is 3. The van der Waals surface area contributed by atoms with Gasteiger partial charge in [0, 0.05) is 13.1 Å². The number of alkyl carbamates (subject to hydrolysis) is 1. The second-order valence-corrected chi connectivity index (χ2v) is 10.2. The zero-order valence-corrected chi connectivity index (χ0v) is 23.4. The first-order chi connectivity index (χ1) is 20.4. The normalized spacial score (nSPS) is 20.4. The molecule has 0 radical (unpaired) electrons. The third-order valence-electron chi connectivity index (χ3n) is 7.05. The molecule has 2 aromatic carbocycles. The quantitative estimate of drug-likeness (QED) is 0.443. The third-order valence-corrected chi connectivity index (χ3v) is 7.05. The highest BCUT2D eigenvalue weighted by atomic mass is 19.4. The summed E-state index contributed by atoms with van der Waals surface area (Å²) in [6, 6.07) is 9.92. The molecule has 43 heavy (non-hydrogen) atoms. The van der Waals surface area contributed by atoms with E-state index in [9.17, 15) is 32.3 Å². The Morgan fingerprint density at radius 2 is 1.79 bits per heavy atom. The van der Waals surface area contributed by atoms with Crippen LogP contribution in [-0.2, 0) is 38.4 Å². The number of ether oxygens (including phenoxy) is 2. The molecule has 0 aromatic heterocycles. The predicted octanol–water partition coefficient (Wildman–Crippen LogP) is 2.77. The van der Waals surface area contributed by atoms with Gasteiger partial charge >= 0.3 is 18.4 Å². The predicted molar refractivity (Wildman–Crippen MR) is 147 cm³/mol. The van der Waals surface area contributed by atoms with Crippen LogP contribution < -0.4 is 11.1 Å². The van der Waals surface area contributed by atoms with Crippen molar-refractivity contribution in [3.63, 3.8) is 0 Å². The van der Waals surface area contributed by atoms with E-state index in [4.69, 9.17) is 15.2 Å². The van der Waals surface area contributed by atoms with Crippen molar-refractivity contribution < 1.29 is 41.8 Å². The number of piperazine rings is 1. The lowest BCUT2D eigenvalue weighted by molar-refractivity contribution is -0.170. The molecule has 230 valence electrons. The van der Waals surface area contributed by atoms with Crippen molar-refractivity contribution >= 4 is 24.0 Å². The van der Waals surface area contributed by atoms with E-state index in [0.717, 1.165) is 27.5 Å². The fraction of sp³-hybridized carbons (Fsp3) is 0.379. The molecule has 11 nitrogen and oxygen atoms in total. The van der Waals surface area contributed by atoms with Gasteiger partial charge in [0.05, 0.1) is 18.7 Å². The zero-order valence-electron chi connectivity index (χ0n) is 23.4. The Labute approximate surface area is 246 Å². The van der Waals surface area contributed by atoms with E-state index in [0.29, 0.717) is 5.56 Å². The number of amides is 4. The Morgan fingerprint density at radius 3 is 2.44 bits per heavy atom. The highest BCUT2D eigenvalue weighted by Gasteiger charge is 2.52. The molecule has 0 saturated carbocycles. The van der Waals surface area contributed by atoms with E-state index in [1.807, 2.05) is 30.3 Å². The van der Waals surface area contributed by atoms with Gasteiger partial charge in [-0.2, -0.15) is 13.2 Å². The molecule has 2 saturated heterocycles. The van der Waals surface area contributed by atoms with Crippen LogP contribution >= 0.6 is 0 Å². The van der Waals surface area contributed by atoms with E-state index >= 15 is 0 Å². The van der Waals surface area contributed by atoms with Gasteiger partial charge in [-0.25, -0.2) is 9.59 Å². The third kappa shape index (κ3) is 7.25. The maximum Gasteiger partial charge on any atom is 0.416 e. The fourth-order valence-corrected chi connectivity index (χ4v) is 5.16. The van der Waals surface area contributed by atoms with Gasteiger partial charge in [-0.15, -0.1) is 0 Å². The molecule has 2 fully saturated rings. The van der Waals surface area contributed by atoms with E-state index < -0.39 is 60.6 Å². The molecule has 4 rings (SSSR count). The van der Waals surface area contributed by atoms with Crippen molar-refractivity contribution in [3.8, 4) is 0 Å². The van der Waals surface area contributed by atoms with Crippen molar-refractivity contribution in [1.29, 1.82) is 0 Å². The van der Waals surface area contributed by atoms with Gasteiger partial charge in [0.15, 0.2) is 0 Å². The Morgan fingerprint density at radius 1 is 1.07 bits per heavy atom.